The number of nitrogens with two attached hydrogens (primary N) is 1. The zero-order chi connectivity index (χ0) is 10.3. The fourth-order valence-corrected chi connectivity index (χ4v) is 1.55. The molecule has 0 bridgehead atoms. The van der Waals surface area contributed by atoms with E-state index in [2.05, 4.69) is 32.7 Å². The van der Waals surface area contributed by atoms with Crippen LogP contribution in [-0.4, -0.2) is 31.6 Å². The first-order valence-corrected chi connectivity index (χ1v) is 5.52. The van der Waals surface area contributed by atoms with Crippen molar-refractivity contribution in [2.45, 2.75) is 33.6 Å². The third kappa shape index (κ3) is 6.05. The summed E-state index contributed by atoms with van der Waals surface area (Å²) in [5.41, 5.74) is 5.67. The van der Waals surface area contributed by atoms with Gasteiger partial charge in [-0.2, -0.15) is 0 Å². The van der Waals surface area contributed by atoms with Gasteiger partial charge in [-0.3, -0.25) is 0 Å². The molecule has 80 valence electrons. The van der Waals surface area contributed by atoms with Gasteiger partial charge < -0.3 is 10.6 Å². The summed E-state index contributed by atoms with van der Waals surface area (Å²) in [6.45, 7) is 9.94. The third-order valence-electron chi connectivity index (χ3n) is 2.80. The van der Waals surface area contributed by atoms with E-state index < -0.39 is 0 Å². The van der Waals surface area contributed by atoms with E-state index in [-0.39, 0.29) is 0 Å². The normalized spacial score (nSPS) is 16.2. The Bertz CT molecular complexity index is 111. The molecule has 2 unspecified atom stereocenters. The molecule has 0 aliphatic heterocycles. The van der Waals surface area contributed by atoms with Gasteiger partial charge in [0, 0.05) is 13.1 Å². The van der Waals surface area contributed by atoms with Crippen molar-refractivity contribution in [2.24, 2.45) is 17.6 Å². The molecule has 0 rings (SSSR count). The van der Waals surface area contributed by atoms with Crippen LogP contribution in [0.5, 0.6) is 0 Å². The average Bonchev–Trinajstić information content (AvgIpc) is 2.13. The van der Waals surface area contributed by atoms with E-state index >= 15 is 0 Å². The van der Waals surface area contributed by atoms with Gasteiger partial charge in [-0.1, -0.05) is 33.6 Å². The molecule has 2 atom stereocenters. The van der Waals surface area contributed by atoms with Gasteiger partial charge in [0.1, 0.15) is 0 Å². The Hall–Kier alpha value is -0.0800. The van der Waals surface area contributed by atoms with Crippen LogP contribution in [0.3, 0.4) is 0 Å². The van der Waals surface area contributed by atoms with Gasteiger partial charge in [0.25, 0.3) is 0 Å². The van der Waals surface area contributed by atoms with Crippen molar-refractivity contribution in [2.75, 3.05) is 26.7 Å². The van der Waals surface area contributed by atoms with Gasteiger partial charge in [0.2, 0.25) is 0 Å². The van der Waals surface area contributed by atoms with E-state index in [1.54, 1.807) is 0 Å². The summed E-state index contributed by atoms with van der Waals surface area (Å²) in [4.78, 5) is 2.41. The van der Waals surface area contributed by atoms with Gasteiger partial charge in [-0.15, -0.1) is 0 Å². The molecule has 0 amide bonds. The van der Waals surface area contributed by atoms with Crippen LogP contribution in [-0.2, 0) is 0 Å². The summed E-state index contributed by atoms with van der Waals surface area (Å²) in [5.74, 6) is 1.48. The molecule has 2 nitrogen and oxygen atoms in total. The first-order valence-electron chi connectivity index (χ1n) is 5.52. The van der Waals surface area contributed by atoms with Gasteiger partial charge in [0.05, 0.1) is 0 Å². The lowest BCUT2D eigenvalue weighted by atomic mass is 10.0. The molecule has 2 heteroatoms. The van der Waals surface area contributed by atoms with Crippen molar-refractivity contribution in [3.63, 3.8) is 0 Å². The van der Waals surface area contributed by atoms with Gasteiger partial charge in [-0.05, 0) is 25.4 Å². The zero-order valence-corrected chi connectivity index (χ0v) is 9.71. The second kappa shape index (κ2) is 7.34. The lowest BCUT2D eigenvalue weighted by Gasteiger charge is -2.24. The Morgan fingerprint density at radius 2 is 1.77 bits per heavy atom. The van der Waals surface area contributed by atoms with E-state index in [1.807, 2.05) is 0 Å². The molecule has 13 heavy (non-hydrogen) atoms. The largest absolute Gasteiger partial charge is 0.330 e. The lowest BCUT2D eigenvalue weighted by molar-refractivity contribution is 0.240. The van der Waals surface area contributed by atoms with Gasteiger partial charge in [0.15, 0.2) is 0 Å². The quantitative estimate of drug-likeness (QED) is 0.658. The molecule has 0 heterocycles. The summed E-state index contributed by atoms with van der Waals surface area (Å²) in [5, 5.41) is 0. The predicted octanol–water partition coefficient (Wildman–Crippen LogP) is 1.95. The molecule has 0 saturated carbocycles. The second-order valence-corrected chi connectivity index (χ2v) is 4.24. The molecule has 0 aromatic rings. The topological polar surface area (TPSA) is 29.3 Å². The average molecular weight is 186 g/mol. The second-order valence-electron chi connectivity index (χ2n) is 4.24. The molecule has 0 aromatic carbocycles. The standard InChI is InChI=1S/C11H26N2/c1-5-10(3)8-13(4)9-11(6-2)7-12/h10-11H,5-9,12H2,1-4H3. The summed E-state index contributed by atoms with van der Waals surface area (Å²) in [7, 11) is 2.20. The predicted molar refractivity (Wildman–Crippen MR) is 59.8 cm³/mol. The summed E-state index contributed by atoms with van der Waals surface area (Å²) < 4.78 is 0. The SMILES string of the molecule is CCC(C)CN(C)CC(CC)CN. The van der Waals surface area contributed by atoms with Crippen LogP contribution in [0.2, 0.25) is 0 Å². The Morgan fingerprint density at radius 3 is 2.15 bits per heavy atom. The first kappa shape index (κ1) is 12.9. The minimum Gasteiger partial charge on any atom is -0.330 e. The molecular formula is C11H26N2. The third-order valence-corrected chi connectivity index (χ3v) is 2.80. The van der Waals surface area contributed by atoms with Crippen LogP contribution in [0.1, 0.15) is 33.6 Å². The highest BCUT2D eigenvalue weighted by atomic mass is 15.1. The maximum Gasteiger partial charge on any atom is 0.00187 e. The minimum absolute atomic E-state index is 0.675. The Labute approximate surface area is 83.5 Å². The minimum atomic E-state index is 0.675. The van der Waals surface area contributed by atoms with Crippen molar-refractivity contribution in [3.05, 3.63) is 0 Å². The Balaban J connectivity index is 3.65. The molecule has 0 saturated heterocycles. The Morgan fingerprint density at radius 1 is 1.15 bits per heavy atom. The van der Waals surface area contributed by atoms with E-state index in [4.69, 9.17) is 5.73 Å². The molecule has 0 aromatic heterocycles. The van der Waals surface area contributed by atoms with Crippen molar-refractivity contribution < 1.29 is 0 Å². The number of hydrogen-bond acceptors (Lipinski definition) is 2. The van der Waals surface area contributed by atoms with E-state index in [0.717, 1.165) is 19.0 Å². The van der Waals surface area contributed by atoms with Crippen LogP contribution >= 0.6 is 0 Å². The summed E-state index contributed by atoms with van der Waals surface area (Å²) >= 11 is 0. The van der Waals surface area contributed by atoms with Crippen LogP contribution in [0, 0.1) is 11.8 Å². The molecule has 0 aliphatic rings. The summed E-state index contributed by atoms with van der Waals surface area (Å²) in [6, 6.07) is 0. The van der Waals surface area contributed by atoms with Gasteiger partial charge >= 0.3 is 0 Å². The smallest absolute Gasteiger partial charge is 0.00187 e. The van der Waals surface area contributed by atoms with E-state index in [9.17, 15) is 0 Å². The van der Waals surface area contributed by atoms with Crippen molar-refractivity contribution in [3.8, 4) is 0 Å². The summed E-state index contributed by atoms with van der Waals surface area (Å²) in [6.07, 6.45) is 2.46. The monoisotopic (exact) mass is 186 g/mol. The fourth-order valence-electron chi connectivity index (χ4n) is 1.55. The van der Waals surface area contributed by atoms with E-state index in [1.165, 1.54) is 19.4 Å². The lowest BCUT2D eigenvalue weighted by Crippen LogP contribution is -2.32. The van der Waals surface area contributed by atoms with Crippen LogP contribution in [0.25, 0.3) is 0 Å². The first-order chi connectivity index (χ1) is 6.13. The Kier molecular flexibility index (Phi) is 7.29. The van der Waals surface area contributed by atoms with Gasteiger partial charge in [-0.25, -0.2) is 0 Å². The number of rotatable bonds is 7. The van der Waals surface area contributed by atoms with Crippen LogP contribution in [0.15, 0.2) is 0 Å². The maximum absolute atomic E-state index is 5.67. The molecule has 0 aliphatic carbocycles. The highest BCUT2D eigenvalue weighted by molar-refractivity contribution is 4.64. The van der Waals surface area contributed by atoms with Crippen molar-refractivity contribution in [1.82, 2.24) is 4.90 Å². The maximum atomic E-state index is 5.67. The zero-order valence-electron chi connectivity index (χ0n) is 9.71. The highest BCUT2D eigenvalue weighted by Gasteiger charge is 2.09. The highest BCUT2D eigenvalue weighted by Crippen LogP contribution is 2.06. The molecular weight excluding hydrogens is 160 g/mol. The molecule has 0 spiro atoms. The van der Waals surface area contributed by atoms with Crippen molar-refractivity contribution in [1.29, 1.82) is 0 Å². The van der Waals surface area contributed by atoms with Crippen LogP contribution in [0.4, 0.5) is 0 Å². The fraction of sp³-hybridized carbons (Fsp3) is 1.00. The van der Waals surface area contributed by atoms with Crippen molar-refractivity contribution >= 4 is 0 Å². The van der Waals surface area contributed by atoms with Crippen LogP contribution < -0.4 is 5.73 Å². The number of nitrogens with zero attached hydrogens (tertiary/aromatic N) is 1. The molecule has 0 fully saturated rings. The molecule has 0 radical (unpaired) electrons. The molecule has 2 N–H and O–H groups in total. The van der Waals surface area contributed by atoms with E-state index in [0.29, 0.717) is 5.92 Å². The number of hydrogen-bond donors (Lipinski definition) is 1.